The molecule has 0 fully saturated rings. The Bertz CT molecular complexity index is 905. The smallest absolute Gasteiger partial charge is 0.259 e. The minimum Gasteiger partial charge on any atom is -0.507 e. The molecule has 0 saturated heterocycles. The first-order valence-corrected chi connectivity index (χ1v) is 7.37. The predicted octanol–water partition coefficient (Wildman–Crippen LogP) is 3.81. The average Bonchev–Trinajstić information content (AvgIpc) is 2.60. The molecule has 5 heteroatoms. The van der Waals surface area contributed by atoms with Crippen LogP contribution in [0.25, 0.3) is 10.8 Å². The molecule has 3 aromatic carbocycles. The molecule has 122 valence electrons. The number of phenolic OH excluding ortho intramolecular Hbond substituents is 1. The Balaban J connectivity index is 1.91. The molecule has 0 spiro atoms. The highest BCUT2D eigenvalue weighted by Crippen LogP contribution is 2.31. The Morgan fingerprint density at radius 1 is 0.917 bits per heavy atom. The highest BCUT2D eigenvalue weighted by molar-refractivity contribution is 6.08. The Kier molecular flexibility index (Phi) is 4.24. The monoisotopic (exact) mass is 323 g/mol. The van der Waals surface area contributed by atoms with Crippen molar-refractivity contribution in [2.75, 3.05) is 19.5 Å². The molecule has 0 bridgehead atoms. The van der Waals surface area contributed by atoms with E-state index in [4.69, 9.17) is 9.47 Å². The molecule has 3 rings (SSSR count). The second-order valence-corrected chi connectivity index (χ2v) is 5.24. The van der Waals surface area contributed by atoms with Gasteiger partial charge >= 0.3 is 0 Å². The van der Waals surface area contributed by atoms with E-state index < -0.39 is 5.91 Å². The zero-order chi connectivity index (χ0) is 17.1. The summed E-state index contributed by atoms with van der Waals surface area (Å²) in [6, 6.07) is 15.9. The Labute approximate surface area is 139 Å². The van der Waals surface area contributed by atoms with Crippen molar-refractivity contribution in [3.05, 3.63) is 60.2 Å². The summed E-state index contributed by atoms with van der Waals surface area (Å²) in [5.41, 5.74) is 0.758. The summed E-state index contributed by atoms with van der Waals surface area (Å²) in [5, 5.41) is 14.6. The van der Waals surface area contributed by atoms with Crippen LogP contribution in [-0.2, 0) is 0 Å². The van der Waals surface area contributed by atoms with E-state index in [-0.39, 0.29) is 11.3 Å². The normalized spacial score (nSPS) is 10.4. The second kappa shape index (κ2) is 6.50. The van der Waals surface area contributed by atoms with E-state index in [9.17, 15) is 9.90 Å². The maximum Gasteiger partial charge on any atom is 0.259 e. The third-order valence-electron chi connectivity index (χ3n) is 3.75. The maximum absolute atomic E-state index is 12.5. The van der Waals surface area contributed by atoms with Crippen LogP contribution < -0.4 is 14.8 Å². The Morgan fingerprint density at radius 3 is 2.25 bits per heavy atom. The van der Waals surface area contributed by atoms with E-state index in [0.29, 0.717) is 17.2 Å². The lowest BCUT2D eigenvalue weighted by atomic mass is 10.1. The number of anilines is 1. The molecule has 24 heavy (non-hydrogen) atoms. The number of aromatic hydroxyl groups is 1. The van der Waals surface area contributed by atoms with Crippen LogP contribution in [0.5, 0.6) is 17.2 Å². The maximum atomic E-state index is 12.5. The number of nitrogens with one attached hydrogen (secondary N) is 1. The van der Waals surface area contributed by atoms with Gasteiger partial charge in [-0.3, -0.25) is 4.79 Å². The zero-order valence-electron chi connectivity index (χ0n) is 13.4. The molecule has 0 atom stereocenters. The summed E-state index contributed by atoms with van der Waals surface area (Å²) < 4.78 is 10.4. The molecule has 0 aliphatic carbocycles. The van der Waals surface area contributed by atoms with Gasteiger partial charge in [0, 0.05) is 11.8 Å². The first kappa shape index (κ1) is 15.7. The topological polar surface area (TPSA) is 67.8 Å². The highest BCUT2D eigenvalue weighted by atomic mass is 16.5. The minimum atomic E-state index is -0.398. The van der Waals surface area contributed by atoms with E-state index in [0.717, 1.165) is 10.8 Å². The van der Waals surface area contributed by atoms with Crippen LogP contribution in [0.2, 0.25) is 0 Å². The van der Waals surface area contributed by atoms with Crippen LogP contribution in [0.1, 0.15) is 10.4 Å². The highest BCUT2D eigenvalue weighted by Gasteiger charge is 2.14. The zero-order valence-corrected chi connectivity index (χ0v) is 13.4. The van der Waals surface area contributed by atoms with Gasteiger partial charge in [0.05, 0.1) is 19.8 Å². The van der Waals surface area contributed by atoms with Crippen molar-refractivity contribution in [3.63, 3.8) is 0 Å². The number of carbonyl (C=O) groups is 1. The second-order valence-electron chi connectivity index (χ2n) is 5.24. The first-order valence-electron chi connectivity index (χ1n) is 7.37. The molecule has 1 amide bonds. The van der Waals surface area contributed by atoms with Gasteiger partial charge < -0.3 is 19.9 Å². The summed E-state index contributed by atoms with van der Waals surface area (Å²) in [6.07, 6.45) is 0. The molecule has 0 aromatic heterocycles. The van der Waals surface area contributed by atoms with Gasteiger partial charge in [-0.05, 0) is 35.0 Å². The fraction of sp³-hybridized carbons (Fsp3) is 0.105. The van der Waals surface area contributed by atoms with E-state index >= 15 is 0 Å². The van der Waals surface area contributed by atoms with Crippen molar-refractivity contribution < 1.29 is 19.4 Å². The molecular formula is C19H17NO4. The van der Waals surface area contributed by atoms with Crippen LogP contribution in [-0.4, -0.2) is 25.2 Å². The number of hydrogen-bond donors (Lipinski definition) is 2. The van der Waals surface area contributed by atoms with Gasteiger partial charge in [0.25, 0.3) is 5.91 Å². The number of amides is 1. The van der Waals surface area contributed by atoms with Crippen molar-refractivity contribution in [1.82, 2.24) is 0 Å². The largest absolute Gasteiger partial charge is 0.507 e. The van der Waals surface area contributed by atoms with E-state index in [1.54, 1.807) is 37.4 Å². The molecular weight excluding hydrogens is 306 g/mol. The number of rotatable bonds is 4. The Morgan fingerprint density at radius 2 is 1.58 bits per heavy atom. The number of hydrogen-bond acceptors (Lipinski definition) is 4. The lowest BCUT2D eigenvalue weighted by molar-refractivity contribution is 0.102. The van der Waals surface area contributed by atoms with Crippen LogP contribution in [0.15, 0.2) is 54.6 Å². The number of fused-ring (bicyclic) bond motifs is 1. The first-order chi connectivity index (χ1) is 11.6. The van der Waals surface area contributed by atoms with Gasteiger partial charge in [-0.1, -0.05) is 24.3 Å². The molecule has 0 radical (unpaired) electrons. The van der Waals surface area contributed by atoms with Gasteiger partial charge in [0.2, 0.25) is 0 Å². The number of ether oxygens (including phenoxy) is 2. The Hall–Kier alpha value is -3.21. The van der Waals surface area contributed by atoms with Gasteiger partial charge in [-0.15, -0.1) is 0 Å². The van der Waals surface area contributed by atoms with E-state index in [1.165, 1.54) is 7.11 Å². The summed E-state index contributed by atoms with van der Waals surface area (Å²) in [7, 11) is 3.07. The number of phenols is 1. The van der Waals surface area contributed by atoms with Crippen LogP contribution in [0.3, 0.4) is 0 Å². The number of carbonyl (C=O) groups excluding carboxylic acids is 1. The molecule has 3 aromatic rings. The van der Waals surface area contributed by atoms with Crippen LogP contribution in [0.4, 0.5) is 5.69 Å². The molecule has 0 aliphatic heterocycles. The lowest BCUT2D eigenvalue weighted by Gasteiger charge is -2.11. The van der Waals surface area contributed by atoms with E-state index in [2.05, 4.69) is 5.32 Å². The van der Waals surface area contributed by atoms with Gasteiger partial charge in [-0.2, -0.15) is 0 Å². The van der Waals surface area contributed by atoms with Crippen LogP contribution in [0, 0.1) is 0 Å². The summed E-state index contributed by atoms with van der Waals surface area (Å²) in [6.45, 7) is 0. The van der Waals surface area contributed by atoms with Crippen molar-refractivity contribution in [3.8, 4) is 17.2 Å². The SMILES string of the molecule is COc1ccc(NC(=O)c2cc3ccccc3cc2O)cc1OC. The summed E-state index contributed by atoms with van der Waals surface area (Å²) >= 11 is 0. The molecule has 0 unspecified atom stereocenters. The van der Waals surface area contributed by atoms with Crippen molar-refractivity contribution >= 4 is 22.4 Å². The van der Waals surface area contributed by atoms with Gasteiger partial charge in [0.1, 0.15) is 5.75 Å². The van der Waals surface area contributed by atoms with E-state index in [1.807, 2.05) is 24.3 Å². The van der Waals surface area contributed by atoms with Crippen molar-refractivity contribution in [2.45, 2.75) is 0 Å². The van der Waals surface area contributed by atoms with Crippen molar-refractivity contribution in [1.29, 1.82) is 0 Å². The molecule has 2 N–H and O–H groups in total. The molecule has 0 heterocycles. The van der Waals surface area contributed by atoms with Crippen LogP contribution >= 0.6 is 0 Å². The average molecular weight is 323 g/mol. The number of benzene rings is 3. The molecule has 0 saturated carbocycles. The fourth-order valence-corrected chi connectivity index (χ4v) is 2.52. The minimum absolute atomic E-state index is 0.0633. The molecule has 0 aliphatic rings. The number of methoxy groups -OCH3 is 2. The van der Waals surface area contributed by atoms with Gasteiger partial charge in [-0.25, -0.2) is 0 Å². The predicted molar refractivity (Wildman–Crippen MR) is 93.1 cm³/mol. The fourth-order valence-electron chi connectivity index (χ4n) is 2.52. The summed E-state index contributed by atoms with van der Waals surface area (Å²) in [4.78, 5) is 12.5. The molecule has 5 nitrogen and oxygen atoms in total. The third kappa shape index (κ3) is 2.96. The third-order valence-corrected chi connectivity index (χ3v) is 3.75. The standard InChI is InChI=1S/C19H17NO4/c1-23-17-8-7-14(11-18(17)24-2)20-19(22)15-9-12-5-3-4-6-13(12)10-16(15)21/h3-11,21H,1-2H3,(H,20,22). The quantitative estimate of drug-likeness (QED) is 0.766. The summed E-state index contributed by atoms with van der Waals surface area (Å²) in [5.74, 6) is 0.624. The van der Waals surface area contributed by atoms with Gasteiger partial charge in [0.15, 0.2) is 11.5 Å². The lowest BCUT2D eigenvalue weighted by Crippen LogP contribution is -2.12. The van der Waals surface area contributed by atoms with Crippen molar-refractivity contribution in [2.24, 2.45) is 0 Å².